The monoisotopic (exact) mass is 248 g/mol. The molecule has 17 heavy (non-hydrogen) atoms. The Morgan fingerprint density at radius 1 is 1.29 bits per heavy atom. The third-order valence-electron chi connectivity index (χ3n) is 2.38. The Bertz CT molecular complexity index is 607. The molecule has 0 unspecified atom stereocenters. The molecule has 0 aliphatic rings. The molecule has 88 valence electrons. The van der Waals surface area contributed by atoms with Crippen LogP contribution in [0.3, 0.4) is 0 Å². The van der Waals surface area contributed by atoms with Crippen LogP contribution in [0.4, 0.5) is 5.69 Å². The molecule has 2 aromatic rings. The summed E-state index contributed by atoms with van der Waals surface area (Å²) in [5.74, 6) is 0.423. The van der Waals surface area contributed by atoms with Gasteiger partial charge in [-0.15, -0.1) is 0 Å². The molecular formula is C12H12N2O2S. The summed E-state index contributed by atoms with van der Waals surface area (Å²) in [6, 6.07) is 8.53. The van der Waals surface area contributed by atoms with Crippen LogP contribution in [0, 0.1) is 0 Å². The summed E-state index contributed by atoms with van der Waals surface area (Å²) < 4.78 is 0. The molecule has 0 aliphatic carbocycles. The molecule has 2 rings (SSSR count). The number of thiol groups is 1. The Hall–Kier alpha value is -1.75. The van der Waals surface area contributed by atoms with Gasteiger partial charge >= 0.3 is 0 Å². The van der Waals surface area contributed by atoms with E-state index in [-0.39, 0.29) is 11.5 Å². The number of fused-ring (bicyclic) bond motifs is 1. The lowest BCUT2D eigenvalue weighted by Gasteiger charge is -2.07. The minimum absolute atomic E-state index is 0.0845. The van der Waals surface area contributed by atoms with Crippen LogP contribution in [-0.4, -0.2) is 16.6 Å². The molecule has 0 radical (unpaired) electrons. The molecule has 1 aromatic carbocycles. The van der Waals surface area contributed by atoms with Gasteiger partial charge in [-0.1, -0.05) is 6.07 Å². The van der Waals surface area contributed by atoms with Gasteiger partial charge in [-0.05, 0) is 24.0 Å². The van der Waals surface area contributed by atoms with E-state index in [1.165, 1.54) is 6.07 Å². The third-order valence-corrected chi connectivity index (χ3v) is 2.60. The molecule has 4 nitrogen and oxygen atoms in total. The first kappa shape index (κ1) is 11.7. The zero-order chi connectivity index (χ0) is 12.3. The van der Waals surface area contributed by atoms with Crippen molar-refractivity contribution in [1.29, 1.82) is 0 Å². The summed E-state index contributed by atoms with van der Waals surface area (Å²) in [5, 5.41) is 3.61. The zero-order valence-electron chi connectivity index (χ0n) is 9.06. The lowest BCUT2D eigenvalue weighted by atomic mass is 10.2. The maximum absolute atomic E-state index is 11.5. The van der Waals surface area contributed by atoms with Crippen LogP contribution in [-0.2, 0) is 4.79 Å². The Morgan fingerprint density at radius 3 is 2.88 bits per heavy atom. The SMILES string of the molecule is O=C(CCS)Nc1cccc2[nH]c(=O)ccc12. The largest absolute Gasteiger partial charge is 0.325 e. The van der Waals surface area contributed by atoms with Crippen molar-refractivity contribution in [3.8, 4) is 0 Å². The number of pyridine rings is 1. The normalized spacial score (nSPS) is 10.4. The summed E-state index contributed by atoms with van der Waals surface area (Å²) in [4.78, 5) is 25.4. The van der Waals surface area contributed by atoms with E-state index >= 15 is 0 Å². The van der Waals surface area contributed by atoms with Crippen molar-refractivity contribution >= 4 is 35.1 Å². The Morgan fingerprint density at radius 2 is 2.12 bits per heavy atom. The molecule has 0 aliphatic heterocycles. The Balaban J connectivity index is 2.41. The molecule has 0 fully saturated rings. The number of carbonyl (C=O) groups is 1. The summed E-state index contributed by atoms with van der Waals surface area (Å²) in [5.41, 5.74) is 1.25. The van der Waals surface area contributed by atoms with E-state index in [1.807, 2.05) is 0 Å². The second-order valence-corrected chi connectivity index (χ2v) is 4.06. The fourth-order valence-electron chi connectivity index (χ4n) is 1.61. The highest BCUT2D eigenvalue weighted by Crippen LogP contribution is 2.20. The number of hydrogen-bond acceptors (Lipinski definition) is 3. The van der Waals surface area contributed by atoms with Gasteiger partial charge in [0, 0.05) is 17.9 Å². The number of carbonyl (C=O) groups excluding carboxylic acids is 1. The van der Waals surface area contributed by atoms with Gasteiger partial charge in [0.25, 0.3) is 0 Å². The molecular weight excluding hydrogens is 236 g/mol. The van der Waals surface area contributed by atoms with Crippen molar-refractivity contribution in [2.75, 3.05) is 11.1 Å². The molecule has 1 aromatic heterocycles. The van der Waals surface area contributed by atoms with Crippen molar-refractivity contribution in [3.63, 3.8) is 0 Å². The number of benzene rings is 1. The number of hydrogen-bond donors (Lipinski definition) is 3. The number of amides is 1. The van der Waals surface area contributed by atoms with E-state index in [4.69, 9.17) is 0 Å². The highest BCUT2D eigenvalue weighted by Gasteiger charge is 2.05. The number of aromatic nitrogens is 1. The second-order valence-electron chi connectivity index (χ2n) is 3.61. The fourth-order valence-corrected chi connectivity index (χ4v) is 1.81. The fraction of sp³-hybridized carbons (Fsp3) is 0.167. The predicted molar refractivity (Wildman–Crippen MR) is 71.7 cm³/mol. The maximum atomic E-state index is 11.5. The van der Waals surface area contributed by atoms with E-state index in [2.05, 4.69) is 22.9 Å². The van der Waals surface area contributed by atoms with Crippen molar-refractivity contribution in [3.05, 3.63) is 40.7 Å². The molecule has 2 N–H and O–H groups in total. The van der Waals surface area contributed by atoms with Crippen molar-refractivity contribution in [2.24, 2.45) is 0 Å². The molecule has 5 heteroatoms. The van der Waals surface area contributed by atoms with Crippen LogP contribution in [0.2, 0.25) is 0 Å². The minimum Gasteiger partial charge on any atom is -0.325 e. The van der Waals surface area contributed by atoms with Gasteiger partial charge in [-0.2, -0.15) is 12.6 Å². The van der Waals surface area contributed by atoms with Gasteiger partial charge in [0.2, 0.25) is 11.5 Å². The number of aromatic amines is 1. The first-order valence-corrected chi connectivity index (χ1v) is 5.87. The van der Waals surface area contributed by atoms with E-state index in [1.54, 1.807) is 24.3 Å². The van der Waals surface area contributed by atoms with Crippen LogP contribution in [0.5, 0.6) is 0 Å². The van der Waals surface area contributed by atoms with Crippen molar-refractivity contribution in [1.82, 2.24) is 4.98 Å². The van der Waals surface area contributed by atoms with Gasteiger partial charge in [0.1, 0.15) is 0 Å². The molecule has 1 heterocycles. The van der Waals surface area contributed by atoms with E-state index < -0.39 is 0 Å². The highest BCUT2D eigenvalue weighted by atomic mass is 32.1. The van der Waals surface area contributed by atoms with E-state index in [9.17, 15) is 9.59 Å². The lowest BCUT2D eigenvalue weighted by molar-refractivity contribution is -0.115. The van der Waals surface area contributed by atoms with Gasteiger partial charge < -0.3 is 10.3 Å². The number of anilines is 1. The van der Waals surface area contributed by atoms with E-state index in [0.717, 1.165) is 5.39 Å². The van der Waals surface area contributed by atoms with Gasteiger partial charge in [0.15, 0.2) is 0 Å². The summed E-state index contributed by atoms with van der Waals surface area (Å²) in [6.45, 7) is 0. The molecule has 0 saturated heterocycles. The molecule has 0 spiro atoms. The van der Waals surface area contributed by atoms with Crippen molar-refractivity contribution < 1.29 is 4.79 Å². The third kappa shape index (κ3) is 2.68. The lowest BCUT2D eigenvalue weighted by Crippen LogP contribution is -2.12. The second kappa shape index (κ2) is 5.05. The van der Waals surface area contributed by atoms with Gasteiger partial charge in [-0.3, -0.25) is 9.59 Å². The smallest absolute Gasteiger partial charge is 0.248 e. The Labute approximate surface area is 103 Å². The topological polar surface area (TPSA) is 62.0 Å². The van der Waals surface area contributed by atoms with Gasteiger partial charge in [-0.25, -0.2) is 0 Å². The summed E-state index contributed by atoms with van der Waals surface area (Å²) in [7, 11) is 0. The van der Waals surface area contributed by atoms with Crippen molar-refractivity contribution in [2.45, 2.75) is 6.42 Å². The minimum atomic E-state index is -0.156. The quantitative estimate of drug-likeness (QED) is 0.725. The maximum Gasteiger partial charge on any atom is 0.248 e. The highest BCUT2D eigenvalue weighted by molar-refractivity contribution is 7.80. The van der Waals surface area contributed by atoms with Crippen LogP contribution in [0.15, 0.2) is 35.1 Å². The standard InChI is InChI=1S/C12H12N2O2S/c15-11-5-4-8-9(13-11)2-1-3-10(8)14-12(16)6-7-17/h1-5,17H,6-7H2,(H,13,15)(H,14,16). The molecule has 1 amide bonds. The Kier molecular flexibility index (Phi) is 3.49. The molecule has 0 atom stereocenters. The number of rotatable bonds is 3. The average molecular weight is 248 g/mol. The van der Waals surface area contributed by atoms with E-state index in [0.29, 0.717) is 23.4 Å². The van der Waals surface area contributed by atoms with Crippen LogP contribution in [0.1, 0.15) is 6.42 Å². The zero-order valence-corrected chi connectivity index (χ0v) is 9.96. The predicted octanol–water partition coefficient (Wildman–Crippen LogP) is 1.79. The summed E-state index contributed by atoms with van der Waals surface area (Å²) in [6.07, 6.45) is 0.364. The van der Waals surface area contributed by atoms with Crippen LogP contribution in [0.25, 0.3) is 10.9 Å². The first-order chi connectivity index (χ1) is 8.20. The summed E-state index contributed by atoms with van der Waals surface area (Å²) >= 11 is 4.00. The molecule has 0 saturated carbocycles. The number of nitrogens with one attached hydrogen (secondary N) is 2. The average Bonchev–Trinajstić information content (AvgIpc) is 2.29. The van der Waals surface area contributed by atoms with Crippen LogP contribution >= 0.6 is 12.6 Å². The first-order valence-electron chi connectivity index (χ1n) is 5.23. The number of H-pyrrole nitrogens is 1. The molecule has 0 bridgehead atoms. The van der Waals surface area contributed by atoms with Gasteiger partial charge in [0.05, 0.1) is 11.2 Å². The van der Waals surface area contributed by atoms with Crippen LogP contribution < -0.4 is 10.9 Å².